The minimum absolute atomic E-state index is 0.0170. The molecule has 7 nitrogen and oxygen atoms in total. The Kier molecular flexibility index (Phi) is 3.42. The number of hydrogen-bond acceptors (Lipinski definition) is 6. The van der Waals surface area contributed by atoms with Crippen LogP contribution in [0.5, 0.6) is 0 Å². The zero-order chi connectivity index (χ0) is 15.8. The third kappa shape index (κ3) is 2.53. The molecule has 0 amide bonds. The van der Waals surface area contributed by atoms with Crippen LogP contribution in [0.25, 0.3) is 0 Å². The number of H-pyrrole nitrogens is 1. The van der Waals surface area contributed by atoms with Crippen molar-refractivity contribution in [3.63, 3.8) is 0 Å². The van der Waals surface area contributed by atoms with Crippen LogP contribution < -0.4 is 21.1 Å². The summed E-state index contributed by atoms with van der Waals surface area (Å²) in [5.41, 5.74) is 3.94. The van der Waals surface area contributed by atoms with Gasteiger partial charge in [0.15, 0.2) is 5.82 Å². The first-order chi connectivity index (χ1) is 11.2. The van der Waals surface area contributed by atoms with E-state index in [9.17, 15) is 4.79 Å². The Morgan fingerprint density at radius 2 is 2.17 bits per heavy atom. The van der Waals surface area contributed by atoms with Gasteiger partial charge in [-0.1, -0.05) is 6.07 Å². The maximum atomic E-state index is 12.2. The van der Waals surface area contributed by atoms with Crippen LogP contribution in [-0.4, -0.2) is 34.9 Å². The van der Waals surface area contributed by atoms with E-state index in [1.807, 2.05) is 11.0 Å². The zero-order valence-corrected chi connectivity index (χ0v) is 12.7. The molecule has 120 valence electrons. The fourth-order valence-electron chi connectivity index (χ4n) is 3.25. The Morgan fingerprint density at radius 1 is 1.30 bits per heavy atom. The molecule has 2 aromatic rings. The summed E-state index contributed by atoms with van der Waals surface area (Å²) in [5, 5.41) is 15.3. The molecule has 7 heteroatoms. The van der Waals surface area contributed by atoms with Crippen LogP contribution >= 0.6 is 0 Å². The van der Waals surface area contributed by atoms with Crippen LogP contribution in [0, 0.1) is 0 Å². The van der Waals surface area contributed by atoms with Gasteiger partial charge in [-0.3, -0.25) is 9.78 Å². The highest BCUT2D eigenvalue weighted by molar-refractivity contribution is 5.71. The maximum Gasteiger partial charge on any atom is 0.277 e. The molecule has 1 aliphatic carbocycles. The third-order valence-electron chi connectivity index (χ3n) is 4.38. The lowest BCUT2D eigenvalue weighted by molar-refractivity contribution is 0.303. The van der Waals surface area contributed by atoms with E-state index in [4.69, 9.17) is 5.11 Å². The van der Waals surface area contributed by atoms with Gasteiger partial charge in [0.25, 0.3) is 5.56 Å². The molecule has 0 bridgehead atoms. The van der Waals surface area contributed by atoms with Gasteiger partial charge in [-0.05, 0) is 42.5 Å². The smallest absolute Gasteiger partial charge is 0.277 e. The summed E-state index contributed by atoms with van der Waals surface area (Å²) in [7, 11) is 0. The van der Waals surface area contributed by atoms with Gasteiger partial charge in [-0.15, -0.1) is 0 Å². The van der Waals surface area contributed by atoms with Crippen molar-refractivity contribution >= 4 is 23.1 Å². The van der Waals surface area contributed by atoms with Crippen LogP contribution in [-0.2, 0) is 12.8 Å². The van der Waals surface area contributed by atoms with Crippen molar-refractivity contribution in [2.24, 2.45) is 0 Å². The number of aliphatic hydroxyl groups is 1. The summed E-state index contributed by atoms with van der Waals surface area (Å²) in [6.45, 7) is 0.937. The number of fused-ring (bicyclic) bond motifs is 2. The van der Waals surface area contributed by atoms with Crippen molar-refractivity contribution in [3.8, 4) is 0 Å². The molecule has 23 heavy (non-hydrogen) atoms. The number of anilines is 4. The Bertz CT molecular complexity index is 802. The predicted molar refractivity (Wildman–Crippen MR) is 89.5 cm³/mol. The van der Waals surface area contributed by atoms with Gasteiger partial charge in [0.05, 0.1) is 13.3 Å². The summed E-state index contributed by atoms with van der Waals surface area (Å²) in [6, 6.07) is 6.27. The molecule has 1 aromatic heterocycles. The van der Waals surface area contributed by atoms with Crippen molar-refractivity contribution in [2.75, 3.05) is 35.4 Å². The van der Waals surface area contributed by atoms with E-state index in [2.05, 4.69) is 32.7 Å². The van der Waals surface area contributed by atoms with Crippen molar-refractivity contribution < 1.29 is 5.11 Å². The topological polar surface area (TPSA) is 93.3 Å². The predicted octanol–water partition coefficient (Wildman–Crippen LogP) is 1.18. The van der Waals surface area contributed by atoms with Crippen LogP contribution in [0.15, 0.2) is 23.0 Å². The second-order valence-electron chi connectivity index (χ2n) is 5.90. The number of β-amino-alcohol motifs (C(OH)–C–C–N with tert-alkyl or cyclic N) is 1. The average Bonchev–Trinajstić information content (AvgIpc) is 3.15. The average molecular weight is 313 g/mol. The molecule has 2 aliphatic rings. The molecule has 1 aromatic carbocycles. The summed E-state index contributed by atoms with van der Waals surface area (Å²) < 4.78 is 0. The van der Waals surface area contributed by atoms with E-state index < -0.39 is 0 Å². The third-order valence-corrected chi connectivity index (χ3v) is 4.38. The Balaban J connectivity index is 1.64. The van der Waals surface area contributed by atoms with E-state index >= 15 is 0 Å². The van der Waals surface area contributed by atoms with E-state index in [-0.39, 0.29) is 12.2 Å². The van der Waals surface area contributed by atoms with Gasteiger partial charge in [0.2, 0.25) is 5.95 Å². The lowest BCUT2D eigenvalue weighted by Gasteiger charge is -2.15. The van der Waals surface area contributed by atoms with Crippen LogP contribution in [0.1, 0.15) is 17.5 Å². The molecular weight excluding hydrogens is 294 g/mol. The Hall–Kier alpha value is -2.54. The number of aliphatic hydroxyl groups excluding tert-OH is 1. The van der Waals surface area contributed by atoms with E-state index in [0.29, 0.717) is 30.7 Å². The highest BCUT2D eigenvalue weighted by Gasteiger charge is 2.23. The van der Waals surface area contributed by atoms with Gasteiger partial charge in [-0.25, -0.2) is 0 Å². The number of hydrogen-bond donors (Lipinski definition) is 4. The minimum atomic E-state index is -0.209. The van der Waals surface area contributed by atoms with Crippen molar-refractivity contribution in [2.45, 2.75) is 19.3 Å². The molecule has 4 N–H and O–H groups in total. The molecule has 4 rings (SSSR count). The van der Waals surface area contributed by atoms with Crippen molar-refractivity contribution in [3.05, 3.63) is 39.7 Å². The first-order valence-corrected chi connectivity index (χ1v) is 7.87. The lowest BCUT2D eigenvalue weighted by Crippen LogP contribution is -2.26. The molecule has 0 spiro atoms. The van der Waals surface area contributed by atoms with Crippen LogP contribution in [0.2, 0.25) is 0 Å². The summed E-state index contributed by atoms with van der Waals surface area (Å²) >= 11 is 0. The monoisotopic (exact) mass is 313 g/mol. The Morgan fingerprint density at radius 3 is 3.04 bits per heavy atom. The highest BCUT2D eigenvalue weighted by Crippen LogP contribution is 2.28. The molecule has 0 unspecified atom stereocenters. The number of nitrogens with one attached hydrogen (secondary N) is 3. The number of aromatic nitrogens is 2. The van der Waals surface area contributed by atoms with Gasteiger partial charge in [-0.2, -0.15) is 4.98 Å². The maximum absolute atomic E-state index is 12.2. The SMILES string of the molecule is O=c1[nH]c(Nc2ccc3c(c2)CCC3)nc2c1NCN2CCO. The largest absolute Gasteiger partial charge is 0.395 e. The molecule has 2 heterocycles. The molecule has 0 fully saturated rings. The zero-order valence-electron chi connectivity index (χ0n) is 12.7. The number of benzene rings is 1. The summed E-state index contributed by atoms with van der Waals surface area (Å²) in [4.78, 5) is 21.3. The minimum Gasteiger partial charge on any atom is -0.395 e. The molecule has 0 atom stereocenters. The van der Waals surface area contributed by atoms with E-state index in [1.54, 1.807) is 0 Å². The highest BCUT2D eigenvalue weighted by atomic mass is 16.3. The molecule has 0 radical (unpaired) electrons. The Labute approximate surface area is 133 Å². The van der Waals surface area contributed by atoms with Crippen LogP contribution in [0.4, 0.5) is 23.1 Å². The number of aromatic amines is 1. The van der Waals surface area contributed by atoms with Gasteiger partial charge < -0.3 is 20.6 Å². The second kappa shape index (κ2) is 5.58. The summed E-state index contributed by atoms with van der Waals surface area (Å²) in [6.07, 6.45) is 3.45. The summed E-state index contributed by atoms with van der Waals surface area (Å²) in [5.74, 6) is 0.991. The lowest BCUT2D eigenvalue weighted by atomic mass is 10.1. The fourth-order valence-corrected chi connectivity index (χ4v) is 3.25. The molecule has 1 aliphatic heterocycles. The molecule has 0 saturated heterocycles. The van der Waals surface area contributed by atoms with Crippen molar-refractivity contribution in [1.29, 1.82) is 0 Å². The fraction of sp³-hybridized carbons (Fsp3) is 0.375. The molecular formula is C16H19N5O2. The number of aryl methyl sites for hydroxylation is 2. The van der Waals surface area contributed by atoms with Gasteiger partial charge in [0.1, 0.15) is 5.69 Å². The first-order valence-electron chi connectivity index (χ1n) is 7.87. The van der Waals surface area contributed by atoms with Crippen molar-refractivity contribution in [1.82, 2.24) is 9.97 Å². The standard InChI is InChI=1S/C16H19N5O2/c22-7-6-21-9-17-13-14(21)19-16(20-15(13)23)18-12-5-4-10-2-1-3-11(10)8-12/h4-5,8,17,22H,1-3,6-7,9H2,(H2,18,19,20,23). The normalized spacial score (nSPS) is 15.3. The quantitative estimate of drug-likeness (QED) is 0.677. The molecule has 0 saturated carbocycles. The number of nitrogens with zero attached hydrogens (tertiary/aromatic N) is 2. The van der Waals surface area contributed by atoms with Gasteiger partial charge in [0, 0.05) is 12.2 Å². The van der Waals surface area contributed by atoms with Gasteiger partial charge >= 0.3 is 0 Å². The first kappa shape index (κ1) is 14.1. The second-order valence-corrected chi connectivity index (χ2v) is 5.90. The number of rotatable bonds is 4. The van der Waals surface area contributed by atoms with E-state index in [0.717, 1.165) is 18.5 Å². The van der Waals surface area contributed by atoms with Crippen LogP contribution in [0.3, 0.4) is 0 Å². The van der Waals surface area contributed by atoms with E-state index in [1.165, 1.54) is 17.5 Å².